The molecule has 0 N–H and O–H groups in total. The van der Waals surface area contributed by atoms with Gasteiger partial charge in [0.05, 0.1) is 35.3 Å². The topological polar surface area (TPSA) is 34.8 Å². The van der Waals surface area contributed by atoms with Gasteiger partial charge in [-0.25, -0.2) is 0 Å². The lowest BCUT2D eigenvalue weighted by Gasteiger charge is -2.26. The van der Waals surface area contributed by atoms with E-state index in [4.69, 9.17) is 9.47 Å². The van der Waals surface area contributed by atoms with Crippen molar-refractivity contribution in [3.8, 4) is 56.3 Å². The zero-order valence-electron chi connectivity index (χ0n) is 52.9. The first-order chi connectivity index (χ1) is 46.6. The molecule has 0 amide bonds. The minimum absolute atomic E-state index is 0.615. The van der Waals surface area contributed by atoms with Crippen LogP contribution in [0.25, 0.3) is 110 Å². The molecule has 454 valence electrons. The monoisotopic (exact) mass is 1210 g/mol. The summed E-state index contributed by atoms with van der Waals surface area (Å²) >= 11 is 0. The molecule has 16 rings (SSSR count). The molecule has 2 heterocycles. The van der Waals surface area contributed by atoms with E-state index in [1.54, 1.807) is 0 Å². The summed E-state index contributed by atoms with van der Waals surface area (Å²) in [6.07, 6.45) is 3.96. The highest BCUT2D eigenvalue weighted by molar-refractivity contribution is 6.12. The fourth-order valence-electron chi connectivity index (χ4n) is 14.0. The van der Waals surface area contributed by atoms with Gasteiger partial charge in [0.2, 0.25) is 0 Å². The number of fused-ring (bicyclic) bond motifs is 8. The Kier molecular flexibility index (Phi) is 15.5. The van der Waals surface area contributed by atoms with E-state index in [2.05, 4.69) is 348 Å². The molecule has 14 aromatic carbocycles. The van der Waals surface area contributed by atoms with Gasteiger partial charge < -0.3 is 28.4 Å². The highest BCUT2D eigenvalue weighted by Gasteiger charge is 2.23. The molecule has 0 saturated heterocycles. The van der Waals surface area contributed by atoms with Crippen LogP contribution in [-0.2, 0) is 0 Å². The van der Waals surface area contributed by atoms with Crippen LogP contribution >= 0.6 is 0 Å². The van der Waals surface area contributed by atoms with Crippen LogP contribution in [0.15, 0.2) is 315 Å². The summed E-state index contributed by atoms with van der Waals surface area (Å²) < 4.78 is 18.5. The summed E-state index contributed by atoms with van der Waals surface area (Å²) in [6.45, 7) is 5.66. The Morgan fingerprint density at radius 2 is 0.596 bits per heavy atom. The van der Waals surface area contributed by atoms with E-state index in [9.17, 15) is 0 Å². The first-order valence-corrected chi connectivity index (χ1v) is 33.0. The molecule has 2 aromatic heterocycles. The number of unbranched alkanes of at least 4 members (excludes halogenated alkanes) is 2. The molecule has 94 heavy (non-hydrogen) atoms. The van der Waals surface area contributed by atoms with Crippen molar-refractivity contribution in [3.63, 3.8) is 0 Å². The van der Waals surface area contributed by atoms with Crippen molar-refractivity contribution >= 4 is 99.3 Å². The Hall–Kier alpha value is -11.6. The first kappa shape index (κ1) is 57.6. The van der Waals surface area contributed by atoms with Gasteiger partial charge >= 0.3 is 0 Å². The van der Waals surface area contributed by atoms with Crippen LogP contribution in [-0.4, -0.2) is 22.3 Å². The molecular weight excluding hydrogens is 1140 g/mol. The van der Waals surface area contributed by atoms with Gasteiger partial charge in [0.25, 0.3) is 0 Å². The summed E-state index contributed by atoms with van der Waals surface area (Å²) in [6, 6.07) is 115. The van der Waals surface area contributed by atoms with E-state index in [-0.39, 0.29) is 0 Å². The summed E-state index contributed by atoms with van der Waals surface area (Å²) in [5.41, 5.74) is 20.0. The van der Waals surface area contributed by atoms with Gasteiger partial charge in [-0.05, 0) is 202 Å². The summed E-state index contributed by atoms with van der Waals surface area (Å²) in [5, 5.41) is 9.46. The molecule has 0 bridgehead atoms. The minimum atomic E-state index is 0.615. The molecule has 0 saturated carbocycles. The van der Waals surface area contributed by atoms with E-state index < -0.39 is 0 Å². The third kappa shape index (κ3) is 10.6. The van der Waals surface area contributed by atoms with Gasteiger partial charge in [-0.3, -0.25) is 0 Å². The molecule has 16 aromatic rings. The van der Waals surface area contributed by atoms with E-state index in [0.717, 1.165) is 138 Å². The van der Waals surface area contributed by atoms with E-state index >= 15 is 0 Å². The van der Waals surface area contributed by atoms with E-state index in [0.29, 0.717) is 13.2 Å². The second-order valence-corrected chi connectivity index (χ2v) is 24.4. The first-order valence-electron chi connectivity index (χ1n) is 33.0. The maximum atomic E-state index is 6.87. The van der Waals surface area contributed by atoms with Crippen LogP contribution in [0.4, 0.5) is 34.1 Å². The number of rotatable bonds is 19. The van der Waals surface area contributed by atoms with Crippen molar-refractivity contribution < 1.29 is 9.47 Å². The largest absolute Gasteiger partial charge is 0.493 e. The van der Waals surface area contributed by atoms with Crippen molar-refractivity contribution in [1.82, 2.24) is 9.13 Å². The minimum Gasteiger partial charge on any atom is -0.493 e. The molecular formula is C88H70N4O2. The molecule has 0 fully saturated rings. The van der Waals surface area contributed by atoms with Gasteiger partial charge in [-0.1, -0.05) is 197 Å². The number of hydrogen-bond acceptors (Lipinski definition) is 4. The molecule has 0 radical (unpaired) electrons. The van der Waals surface area contributed by atoms with Gasteiger partial charge in [0, 0.05) is 78.2 Å². The Labute approximate surface area is 549 Å². The highest BCUT2D eigenvalue weighted by atomic mass is 16.5. The van der Waals surface area contributed by atoms with Crippen molar-refractivity contribution in [2.24, 2.45) is 0 Å². The zero-order chi connectivity index (χ0) is 62.9. The maximum absolute atomic E-state index is 6.87. The SMILES string of the molecule is CCCCOc1ccc2cc(-c3cccc(N(c4ccccc4)c4ccc(-n5c6ccccc6c6ccccc65)cc4)c3)ccc2c1-c1c(OCCCC)ccc2cc(-c3cccc(N(c4ccccc4)c4ccc(-n5c6ccccc6c6ccccc65)cc4)c3)ccc12. The standard InChI is InChI=1S/C88H70N4O2/c1-3-5-55-93-85-53-41-65-57-63(61-23-21-29-73(59-61)89(67-25-9-7-10-26-67)69-43-47-71(48-44-69)91-81-35-17-13-31-77(81)78-32-14-18-36-82(78)91)39-51-75(65)87(85)88-76-52-40-64(58-66(76)42-54-86(88)94-56-6-4-2)62-24-22-30-74(60-62)90(68-27-11-8-12-28-68)70-45-49-72(50-46-70)92-83-37-19-15-33-79(83)80-34-16-20-38-84(80)92/h7-54,57-60H,3-6,55-56H2,1-2H3. The zero-order valence-corrected chi connectivity index (χ0v) is 52.9. The lowest BCUT2D eigenvalue weighted by Crippen LogP contribution is -2.10. The van der Waals surface area contributed by atoms with Crippen molar-refractivity contribution in [2.75, 3.05) is 23.0 Å². The predicted molar refractivity (Wildman–Crippen MR) is 397 cm³/mol. The molecule has 0 spiro atoms. The smallest absolute Gasteiger partial charge is 0.127 e. The number of anilines is 6. The quantitative estimate of drug-likeness (QED) is 0.0756. The third-order valence-electron chi connectivity index (χ3n) is 18.5. The van der Waals surface area contributed by atoms with Crippen molar-refractivity contribution in [3.05, 3.63) is 315 Å². The molecule has 0 aliphatic carbocycles. The van der Waals surface area contributed by atoms with Crippen LogP contribution in [0.3, 0.4) is 0 Å². The van der Waals surface area contributed by atoms with E-state index in [1.807, 2.05) is 0 Å². The number of nitrogens with zero attached hydrogens (tertiary/aromatic N) is 4. The summed E-state index contributed by atoms with van der Waals surface area (Å²) in [5.74, 6) is 1.71. The predicted octanol–water partition coefficient (Wildman–Crippen LogP) is 24.5. The number of hydrogen-bond donors (Lipinski definition) is 0. The Morgan fingerprint density at radius 1 is 0.266 bits per heavy atom. The van der Waals surface area contributed by atoms with Crippen molar-refractivity contribution in [2.45, 2.75) is 39.5 Å². The second-order valence-electron chi connectivity index (χ2n) is 24.4. The lowest BCUT2D eigenvalue weighted by molar-refractivity contribution is 0.306. The highest BCUT2D eigenvalue weighted by Crippen LogP contribution is 2.48. The summed E-state index contributed by atoms with van der Waals surface area (Å²) in [7, 11) is 0. The average Bonchev–Trinajstić information content (AvgIpc) is 1.20. The van der Waals surface area contributed by atoms with Gasteiger partial charge in [-0.2, -0.15) is 0 Å². The van der Waals surface area contributed by atoms with Gasteiger partial charge in [0.1, 0.15) is 11.5 Å². The van der Waals surface area contributed by atoms with E-state index in [1.165, 1.54) is 43.6 Å². The molecule has 0 atom stereocenters. The molecule has 0 aliphatic heterocycles. The number of aromatic nitrogens is 2. The van der Waals surface area contributed by atoms with Crippen LogP contribution < -0.4 is 19.3 Å². The normalized spacial score (nSPS) is 11.6. The Morgan fingerprint density at radius 3 is 0.968 bits per heavy atom. The Bertz CT molecular complexity index is 4970. The number of para-hydroxylation sites is 6. The number of benzene rings is 14. The van der Waals surface area contributed by atoms with Crippen LogP contribution in [0, 0.1) is 0 Å². The lowest BCUT2D eigenvalue weighted by atomic mass is 9.89. The average molecular weight is 1220 g/mol. The Balaban J connectivity index is 0.761. The second kappa shape index (κ2) is 25.2. The van der Waals surface area contributed by atoms with Crippen LogP contribution in [0.1, 0.15) is 39.5 Å². The molecule has 0 aliphatic rings. The molecule has 6 heteroatoms. The van der Waals surface area contributed by atoms with Crippen LogP contribution in [0.5, 0.6) is 11.5 Å². The fraction of sp³-hybridized carbons (Fsp3) is 0.0909. The third-order valence-corrected chi connectivity index (χ3v) is 18.5. The van der Waals surface area contributed by atoms with Crippen molar-refractivity contribution in [1.29, 1.82) is 0 Å². The summed E-state index contributed by atoms with van der Waals surface area (Å²) in [4.78, 5) is 4.71. The maximum Gasteiger partial charge on any atom is 0.127 e. The van der Waals surface area contributed by atoms with Crippen LogP contribution in [0.2, 0.25) is 0 Å². The fourth-order valence-corrected chi connectivity index (χ4v) is 14.0. The molecule has 0 unspecified atom stereocenters. The molecule has 6 nitrogen and oxygen atoms in total. The van der Waals surface area contributed by atoms with Gasteiger partial charge in [0.15, 0.2) is 0 Å². The number of ether oxygens (including phenoxy) is 2. The van der Waals surface area contributed by atoms with Gasteiger partial charge in [-0.15, -0.1) is 0 Å².